The number of fused-ring (bicyclic) bond motifs is 1. The van der Waals surface area contributed by atoms with Crippen LogP contribution in [-0.2, 0) is 4.79 Å². The van der Waals surface area contributed by atoms with Gasteiger partial charge in [0.15, 0.2) is 11.5 Å². The fraction of sp³-hybridized carbons (Fsp3) is 0.0500. The maximum atomic E-state index is 11.7. The predicted molar refractivity (Wildman–Crippen MR) is 97.9 cm³/mol. The summed E-state index contributed by atoms with van der Waals surface area (Å²) in [5, 5.41) is 1.88. The first kappa shape index (κ1) is 16.9. The Balaban J connectivity index is 2.20. The number of halogens is 1. The monoisotopic (exact) mass is 354 g/mol. The van der Waals surface area contributed by atoms with Gasteiger partial charge in [-0.25, -0.2) is 4.79 Å². The lowest BCUT2D eigenvalue weighted by molar-refractivity contribution is -0.128. The highest BCUT2D eigenvalue weighted by molar-refractivity contribution is 6.31. The Morgan fingerprint density at radius 2 is 1.80 bits per heavy atom. The van der Waals surface area contributed by atoms with Crippen molar-refractivity contribution in [2.75, 3.05) is 7.11 Å². The largest absolute Gasteiger partial charge is 0.493 e. The lowest BCUT2D eigenvalue weighted by Crippen LogP contribution is -2.05. The van der Waals surface area contributed by atoms with Crippen molar-refractivity contribution in [3.63, 3.8) is 0 Å². The average Bonchev–Trinajstić information content (AvgIpc) is 2.64. The number of esters is 1. The van der Waals surface area contributed by atoms with Crippen molar-refractivity contribution in [1.29, 1.82) is 0 Å². The highest BCUT2D eigenvalue weighted by Crippen LogP contribution is 2.43. The molecule has 0 fully saturated rings. The first-order chi connectivity index (χ1) is 12.1. The average molecular weight is 355 g/mol. The van der Waals surface area contributed by atoms with E-state index >= 15 is 0 Å². The Morgan fingerprint density at radius 3 is 2.48 bits per heavy atom. The van der Waals surface area contributed by atoms with Crippen molar-refractivity contribution in [1.82, 2.24) is 0 Å². The van der Waals surface area contributed by atoms with Gasteiger partial charge in [-0.2, -0.15) is 0 Å². The van der Waals surface area contributed by atoms with E-state index in [2.05, 4.69) is 6.58 Å². The Morgan fingerprint density at radius 1 is 1.04 bits per heavy atom. The second-order valence-corrected chi connectivity index (χ2v) is 5.57. The molecule has 25 heavy (non-hydrogen) atoms. The first-order valence-electron chi connectivity index (χ1n) is 7.49. The van der Waals surface area contributed by atoms with Crippen LogP contribution in [0.5, 0.6) is 23.0 Å². The van der Waals surface area contributed by atoms with E-state index in [1.165, 1.54) is 7.11 Å². The first-order valence-corrected chi connectivity index (χ1v) is 7.87. The van der Waals surface area contributed by atoms with Crippen LogP contribution in [-0.4, -0.2) is 13.1 Å². The van der Waals surface area contributed by atoms with Gasteiger partial charge in [0, 0.05) is 27.9 Å². The number of carbonyl (C=O) groups excluding carboxylic acids is 1. The van der Waals surface area contributed by atoms with Crippen molar-refractivity contribution in [2.45, 2.75) is 0 Å². The van der Waals surface area contributed by atoms with Crippen LogP contribution < -0.4 is 14.2 Å². The molecule has 0 N–H and O–H groups in total. The number of ether oxygens (including phenoxy) is 3. The second-order valence-electron chi connectivity index (χ2n) is 5.14. The second kappa shape index (κ2) is 7.28. The van der Waals surface area contributed by atoms with E-state index in [0.717, 1.165) is 6.08 Å². The summed E-state index contributed by atoms with van der Waals surface area (Å²) < 4.78 is 16.7. The van der Waals surface area contributed by atoms with Gasteiger partial charge in [0.2, 0.25) is 0 Å². The van der Waals surface area contributed by atoms with Crippen molar-refractivity contribution >= 4 is 28.3 Å². The molecule has 0 aromatic heterocycles. The molecule has 0 heterocycles. The van der Waals surface area contributed by atoms with Gasteiger partial charge in [-0.1, -0.05) is 36.4 Å². The number of hydrogen-bond donors (Lipinski definition) is 0. The lowest BCUT2D eigenvalue weighted by atomic mass is 10.1. The summed E-state index contributed by atoms with van der Waals surface area (Å²) in [7, 11) is 1.49. The molecule has 3 aromatic rings. The molecular weight excluding hydrogens is 340 g/mol. The third-order valence-corrected chi connectivity index (χ3v) is 3.77. The molecule has 0 unspecified atom stereocenters. The number of carbonyl (C=O) groups is 1. The molecular formula is C20H15ClO4. The molecule has 0 amide bonds. The molecule has 3 rings (SSSR count). The Hall–Kier alpha value is -2.98. The maximum Gasteiger partial charge on any atom is 0.335 e. The van der Waals surface area contributed by atoms with Gasteiger partial charge in [0.1, 0.15) is 11.5 Å². The van der Waals surface area contributed by atoms with Gasteiger partial charge in [0.05, 0.1) is 7.11 Å². The predicted octanol–water partition coefficient (Wildman–Crippen LogP) is 5.39. The molecule has 3 aromatic carbocycles. The van der Waals surface area contributed by atoms with Crippen LogP contribution in [0.1, 0.15) is 0 Å². The Kier molecular flexibility index (Phi) is 4.91. The summed E-state index contributed by atoms with van der Waals surface area (Å²) in [5.74, 6) is 1.29. The molecule has 5 heteroatoms. The normalized spacial score (nSPS) is 10.3. The molecule has 0 bridgehead atoms. The molecule has 126 valence electrons. The van der Waals surface area contributed by atoms with Crippen molar-refractivity contribution < 1.29 is 19.0 Å². The number of para-hydroxylation sites is 1. The summed E-state index contributed by atoms with van der Waals surface area (Å²) in [4.78, 5) is 11.7. The van der Waals surface area contributed by atoms with Gasteiger partial charge in [-0.3, -0.25) is 0 Å². The van der Waals surface area contributed by atoms with Crippen LogP contribution in [0, 0.1) is 0 Å². The minimum Gasteiger partial charge on any atom is -0.493 e. The standard InChI is InChI=1S/C20H15ClO4/c1-3-19(22)25-20-15-10-9-13(21)11-16(15)17(12-18(20)23-2)24-14-7-5-4-6-8-14/h3-12H,1H2,2H3. The zero-order valence-electron chi connectivity index (χ0n) is 13.5. The number of benzene rings is 3. The quantitative estimate of drug-likeness (QED) is 0.350. The molecule has 0 spiro atoms. The molecule has 0 aliphatic heterocycles. The van der Waals surface area contributed by atoms with Crippen LogP contribution in [0.15, 0.2) is 67.3 Å². The molecule has 0 saturated carbocycles. The van der Waals surface area contributed by atoms with Gasteiger partial charge < -0.3 is 14.2 Å². The summed E-state index contributed by atoms with van der Waals surface area (Å²) in [6, 6.07) is 16.2. The Labute approximate surface area is 150 Å². The summed E-state index contributed by atoms with van der Waals surface area (Å²) in [6.07, 6.45) is 1.09. The van der Waals surface area contributed by atoms with E-state index in [9.17, 15) is 4.79 Å². The van der Waals surface area contributed by atoms with Crippen LogP contribution >= 0.6 is 11.6 Å². The van der Waals surface area contributed by atoms with Gasteiger partial charge in [-0.15, -0.1) is 0 Å². The van der Waals surface area contributed by atoms with Crippen LogP contribution in [0.3, 0.4) is 0 Å². The number of rotatable bonds is 5. The molecule has 0 aliphatic carbocycles. The van der Waals surface area contributed by atoms with Crippen molar-refractivity contribution in [2.24, 2.45) is 0 Å². The zero-order chi connectivity index (χ0) is 17.8. The van der Waals surface area contributed by atoms with Crippen LogP contribution in [0.4, 0.5) is 0 Å². The number of methoxy groups -OCH3 is 1. The van der Waals surface area contributed by atoms with E-state index in [4.69, 9.17) is 25.8 Å². The van der Waals surface area contributed by atoms with E-state index in [-0.39, 0.29) is 0 Å². The van der Waals surface area contributed by atoms with Gasteiger partial charge in [0.25, 0.3) is 0 Å². The summed E-state index contributed by atoms with van der Waals surface area (Å²) in [5.41, 5.74) is 0. The SMILES string of the molecule is C=CC(=O)Oc1c(OC)cc(Oc2ccccc2)c2cc(Cl)ccc12. The number of hydrogen-bond acceptors (Lipinski definition) is 4. The molecule has 0 radical (unpaired) electrons. The van der Waals surface area contributed by atoms with E-state index in [1.54, 1.807) is 24.3 Å². The van der Waals surface area contributed by atoms with Gasteiger partial charge >= 0.3 is 5.97 Å². The Bertz CT molecular complexity index is 935. The third-order valence-electron chi connectivity index (χ3n) is 3.54. The minimum atomic E-state index is -0.578. The van der Waals surface area contributed by atoms with Crippen molar-refractivity contribution in [3.8, 4) is 23.0 Å². The molecule has 0 atom stereocenters. The van der Waals surface area contributed by atoms with Gasteiger partial charge in [-0.05, 0) is 30.3 Å². The highest BCUT2D eigenvalue weighted by Gasteiger charge is 2.18. The van der Waals surface area contributed by atoms with Crippen LogP contribution in [0.2, 0.25) is 5.02 Å². The zero-order valence-corrected chi connectivity index (χ0v) is 14.2. The maximum absolute atomic E-state index is 11.7. The fourth-order valence-corrected chi connectivity index (χ4v) is 2.58. The fourth-order valence-electron chi connectivity index (χ4n) is 2.41. The topological polar surface area (TPSA) is 44.8 Å². The molecule has 0 saturated heterocycles. The van der Waals surface area contributed by atoms with E-state index in [0.29, 0.717) is 38.8 Å². The summed E-state index contributed by atoms with van der Waals surface area (Å²) in [6.45, 7) is 3.42. The smallest absolute Gasteiger partial charge is 0.335 e. The third kappa shape index (κ3) is 3.59. The van der Waals surface area contributed by atoms with E-state index < -0.39 is 5.97 Å². The van der Waals surface area contributed by atoms with Crippen molar-refractivity contribution in [3.05, 3.63) is 72.3 Å². The van der Waals surface area contributed by atoms with Crippen LogP contribution in [0.25, 0.3) is 10.8 Å². The van der Waals surface area contributed by atoms with E-state index in [1.807, 2.05) is 30.3 Å². The highest BCUT2D eigenvalue weighted by atomic mass is 35.5. The molecule has 0 aliphatic rings. The summed E-state index contributed by atoms with van der Waals surface area (Å²) >= 11 is 6.14. The minimum absolute atomic E-state index is 0.291. The lowest BCUT2D eigenvalue weighted by Gasteiger charge is -2.16. The molecule has 4 nitrogen and oxygen atoms in total.